The van der Waals surface area contributed by atoms with Crippen molar-refractivity contribution in [2.75, 3.05) is 6.26 Å². The molecule has 24 heavy (non-hydrogen) atoms. The number of alkyl halides is 3. The molecule has 11 heteroatoms. The zero-order valence-electron chi connectivity index (χ0n) is 11.7. The molecule has 0 amide bonds. The Hall–Kier alpha value is -2.61. The van der Waals surface area contributed by atoms with E-state index in [-0.39, 0.29) is 5.16 Å². The van der Waals surface area contributed by atoms with Gasteiger partial charge >= 0.3 is 6.36 Å². The van der Waals surface area contributed by atoms with Gasteiger partial charge in [-0.2, -0.15) is 5.26 Å². The number of ether oxygens (including phenoxy) is 1. The van der Waals surface area contributed by atoms with Gasteiger partial charge in [-0.05, 0) is 18.4 Å². The predicted molar refractivity (Wildman–Crippen MR) is 73.4 cm³/mol. The predicted octanol–water partition coefficient (Wildman–Crippen LogP) is 3.21. The Kier molecular flexibility index (Phi) is 4.79. The van der Waals surface area contributed by atoms with Gasteiger partial charge in [0.25, 0.3) is 5.56 Å². The minimum Gasteiger partial charge on any atom is -0.399 e. The normalized spacial score (nSPS) is 11.2. The van der Waals surface area contributed by atoms with Crippen molar-refractivity contribution in [3.63, 3.8) is 0 Å². The number of H-pyrrole nitrogens is 1. The average Bonchev–Trinajstić information content (AvgIpc) is 2.49. The Labute approximate surface area is 135 Å². The largest absolute Gasteiger partial charge is 0.573 e. The van der Waals surface area contributed by atoms with Gasteiger partial charge in [-0.25, -0.2) is 13.8 Å². The van der Waals surface area contributed by atoms with E-state index in [9.17, 15) is 26.7 Å². The van der Waals surface area contributed by atoms with Crippen molar-refractivity contribution < 1.29 is 26.7 Å². The number of hydrogen-bond acceptors (Lipinski definition) is 5. The molecule has 0 aliphatic carbocycles. The lowest BCUT2D eigenvalue weighted by molar-refractivity contribution is -0.276. The van der Waals surface area contributed by atoms with E-state index >= 15 is 0 Å². The standard InChI is InChI=1S/C13H6F5N3O2S/c1-24-12-20-9(6(4-19)11(22)21-12)5-2-3-7(14)10(8(5)15)23-13(16,17)18/h2-3H,1H3,(H,20,21,22). The van der Waals surface area contributed by atoms with Gasteiger partial charge in [-0.15, -0.1) is 13.2 Å². The number of aromatic amines is 1. The van der Waals surface area contributed by atoms with E-state index in [1.807, 2.05) is 0 Å². The van der Waals surface area contributed by atoms with E-state index in [1.165, 1.54) is 12.3 Å². The first-order valence-electron chi connectivity index (χ1n) is 6.00. The Morgan fingerprint density at radius 1 is 1.33 bits per heavy atom. The summed E-state index contributed by atoms with van der Waals surface area (Å²) < 4.78 is 67.9. The van der Waals surface area contributed by atoms with Gasteiger partial charge in [-0.3, -0.25) is 4.79 Å². The van der Waals surface area contributed by atoms with Gasteiger partial charge in [0.05, 0.1) is 5.69 Å². The lowest BCUT2D eigenvalue weighted by Crippen LogP contribution is -2.19. The van der Waals surface area contributed by atoms with Crippen LogP contribution in [0.4, 0.5) is 22.0 Å². The molecular formula is C13H6F5N3O2S. The summed E-state index contributed by atoms with van der Waals surface area (Å²) in [6, 6.07) is 2.76. The first-order valence-corrected chi connectivity index (χ1v) is 7.23. The molecule has 0 fully saturated rings. The van der Waals surface area contributed by atoms with Crippen molar-refractivity contribution in [3.8, 4) is 23.1 Å². The van der Waals surface area contributed by atoms with Crippen LogP contribution in [-0.4, -0.2) is 22.6 Å². The molecule has 0 saturated heterocycles. The number of halogens is 5. The van der Waals surface area contributed by atoms with Crippen LogP contribution in [0, 0.1) is 23.0 Å². The fraction of sp³-hybridized carbons (Fsp3) is 0.154. The molecule has 0 atom stereocenters. The number of rotatable bonds is 3. The SMILES string of the molecule is CSc1nc(-c2ccc(F)c(OC(F)(F)F)c2F)c(C#N)c(=O)[nH]1. The van der Waals surface area contributed by atoms with Crippen LogP contribution >= 0.6 is 11.8 Å². The lowest BCUT2D eigenvalue weighted by Gasteiger charge is -2.13. The van der Waals surface area contributed by atoms with Crippen molar-refractivity contribution in [2.45, 2.75) is 11.5 Å². The minimum atomic E-state index is -5.33. The van der Waals surface area contributed by atoms with Crippen LogP contribution in [0.5, 0.6) is 5.75 Å². The van der Waals surface area contributed by atoms with Gasteiger partial charge in [0.2, 0.25) is 5.75 Å². The molecular weight excluding hydrogens is 357 g/mol. The smallest absolute Gasteiger partial charge is 0.399 e. The summed E-state index contributed by atoms with van der Waals surface area (Å²) >= 11 is 0.950. The number of thioether (sulfide) groups is 1. The molecule has 1 heterocycles. The molecule has 0 aliphatic rings. The van der Waals surface area contributed by atoms with Gasteiger partial charge in [0.1, 0.15) is 11.6 Å². The second kappa shape index (κ2) is 6.48. The summed E-state index contributed by atoms with van der Waals surface area (Å²) in [7, 11) is 0. The first kappa shape index (κ1) is 17.7. The molecule has 1 aromatic heterocycles. The third-order valence-electron chi connectivity index (χ3n) is 2.72. The summed E-state index contributed by atoms with van der Waals surface area (Å²) in [5.74, 6) is -5.02. The van der Waals surface area contributed by atoms with Crippen LogP contribution in [0.3, 0.4) is 0 Å². The van der Waals surface area contributed by atoms with E-state index in [1.54, 1.807) is 0 Å². The summed E-state index contributed by atoms with van der Waals surface area (Å²) in [5, 5.41) is 9.00. The minimum absolute atomic E-state index is 0.00369. The fourth-order valence-corrected chi connectivity index (χ4v) is 2.15. The molecule has 0 saturated carbocycles. The highest BCUT2D eigenvalue weighted by Gasteiger charge is 2.35. The van der Waals surface area contributed by atoms with Crippen molar-refractivity contribution in [1.29, 1.82) is 5.26 Å². The van der Waals surface area contributed by atoms with E-state index < -0.39 is 46.1 Å². The van der Waals surface area contributed by atoms with Crippen molar-refractivity contribution >= 4 is 11.8 Å². The fourth-order valence-electron chi connectivity index (χ4n) is 1.77. The molecule has 0 aliphatic heterocycles. The third-order valence-corrected chi connectivity index (χ3v) is 3.30. The number of benzene rings is 1. The summed E-state index contributed by atoms with van der Waals surface area (Å²) in [5.41, 5.74) is -2.73. The van der Waals surface area contributed by atoms with E-state index in [4.69, 9.17) is 5.26 Å². The highest BCUT2D eigenvalue weighted by molar-refractivity contribution is 7.98. The molecule has 2 aromatic rings. The lowest BCUT2D eigenvalue weighted by atomic mass is 10.1. The van der Waals surface area contributed by atoms with Crippen LogP contribution in [-0.2, 0) is 0 Å². The molecule has 0 unspecified atom stereocenters. The average molecular weight is 363 g/mol. The molecule has 0 radical (unpaired) electrons. The Morgan fingerprint density at radius 2 is 2.00 bits per heavy atom. The number of nitrogens with zero attached hydrogens (tertiary/aromatic N) is 2. The van der Waals surface area contributed by atoms with Crippen LogP contribution in [0.2, 0.25) is 0 Å². The van der Waals surface area contributed by atoms with E-state index in [0.29, 0.717) is 6.07 Å². The second-order valence-corrected chi connectivity index (χ2v) is 4.99. The van der Waals surface area contributed by atoms with Crippen molar-refractivity contribution in [1.82, 2.24) is 9.97 Å². The molecule has 1 aromatic carbocycles. The number of nitriles is 1. The Morgan fingerprint density at radius 3 is 2.54 bits per heavy atom. The van der Waals surface area contributed by atoms with Crippen LogP contribution < -0.4 is 10.3 Å². The van der Waals surface area contributed by atoms with Gasteiger partial charge in [0, 0.05) is 5.56 Å². The van der Waals surface area contributed by atoms with E-state index in [0.717, 1.165) is 17.8 Å². The Balaban J connectivity index is 2.75. The molecule has 126 valence electrons. The number of hydrogen-bond donors (Lipinski definition) is 1. The summed E-state index contributed by atoms with van der Waals surface area (Å²) in [4.78, 5) is 17.8. The topological polar surface area (TPSA) is 78.8 Å². The molecule has 0 bridgehead atoms. The number of aromatic nitrogens is 2. The van der Waals surface area contributed by atoms with Crippen molar-refractivity contribution in [3.05, 3.63) is 39.7 Å². The highest BCUT2D eigenvalue weighted by atomic mass is 32.2. The molecule has 5 nitrogen and oxygen atoms in total. The van der Waals surface area contributed by atoms with Gasteiger partial charge in [0.15, 0.2) is 16.8 Å². The highest BCUT2D eigenvalue weighted by Crippen LogP contribution is 2.34. The second-order valence-electron chi connectivity index (χ2n) is 4.20. The maximum absolute atomic E-state index is 14.3. The van der Waals surface area contributed by atoms with Crippen LogP contribution in [0.25, 0.3) is 11.3 Å². The van der Waals surface area contributed by atoms with Crippen LogP contribution in [0.15, 0.2) is 22.1 Å². The van der Waals surface area contributed by atoms with Crippen LogP contribution in [0.1, 0.15) is 5.56 Å². The maximum atomic E-state index is 14.3. The zero-order chi connectivity index (χ0) is 18.1. The molecule has 1 N–H and O–H groups in total. The molecule has 0 spiro atoms. The summed E-state index contributed by atoms with van der Waals surface area (Å²) in [6.45, 7) is 0. The van der Waals surface area contributed by atoms with E-state index in [2.05, 4.69) is 14.7 Å². The van der Waals surface area contributed by atoms with Gasteiger partial charge in [-0.1, -0.05) is 11.8 Å². The number of nitrogens with one attached hydrogen (secondary N) is 1. The Bertz CT molecular complexity index is 889. The van der Waals surface area contributed by atoms with Gasteiger partial charge < -0.3 is 9.72 Å². The summed E-state index contributed by atoms with van der Waals surface area (Å²) in [6.07, 6.45) is -3.81. The molecule has 2 rings (SSSR count). The first-order chi connectivity index (χ1) is 11.2. The quantitative estimate of drug-likeness (QED) is 0.515. The zero-order valence-corrected chi connectivity index (χ0v) is 12.5. The monoisotopic (exact) mass is 363 g/mol. The third kappa shape index (κ3) is 3.48. The van der Waals surface area contributed by atoms with Crippen molar-refractivity contribution in [2.24, 2.45) is 0 Å². The maximum Gasteiger partial charge on any atom is 0.573 e.